The van der Waals surface area contributed by atoms with Gasteiger partial charge in [0.25, 0.3) is 5.91 Å². The molecular formula is C20H20BrClN2O5. The number of benzene rings is 1. The van der Waals surface area contributed by atoms with Gasteiger partial charge in [-0.2, -0.15) is 0 Å². The first-order valence-corrected chi connectivity index (χ1v) is 10.7. The molecule has 9 heteroatoms. The molecule has 2 aliphatic carbocycles. The summed E-state index contributed by atoms with van der Waals surface area (Å²) in [4.78, 5) is 50.4. The minimum Gasteiger partial charge on any atom is -0.454 e. The highest BCUT2D eigenvalue weighted by molar-refractivity contribution is 9.10. The van der Waals surface area contributed by atoms with Crippen molar-refractivity contribution >= 4 is 56.9 Å². The van der Waals surface area contributed by atoms with Gasteiger partial charge in [-0.1, -0.05) is 11.6 Å². The van der Waals surface area contributed by atoms with E-state index in [1.54, 1.807) is 19.1 Å². The van der Waals surface area contributed by atoms with Gasteiger partial charge in [0.15, 0.2) is 6.61 Å². The fourth-order valence-corrected chi connectivity index (χ4v) is 5.52. The van der Waals surface area contributed by atoms with Crippen LogP contribution in [0.5, 0.6) is 0 Å². The van der Waals surface area contributed by atoms with Crippen LogP contribution in [0.15, 0.2) is 16.6 Å². The minimum absolute atomic E-state index is 0.259. The molecule has 7 nitrogen and oxygen atoms in total. The van der Waals surface area contributed by atoms with Crippen molar-refractivity contribution < 1.29 is 23.9 Å². The fraction of sp³-hybridized carbons (Fsp3) is 0.500. The number of esters is 1. The Morgan fingerprint density at radius 3 is 2.45 bits per heavy atom. The van der Waals surface area contributed by atoms with Gasteiger partial charge in [-0.15, -0.1) is 0 Å². The lowest BCUT2D eigenvalue weighted by molar-refractivity contribution is -0.154. The number of rotatable bonds is 5. The van der Waals surface area contributed by atoms with Crippen molar-refractivity contribution in [1.82, 2.24) is 4.90 Å². The molecule has 3 amide bonds. The minimum atomic E-state index is -0.778. The average molecular weight is 484 g/mol. The summed E-state index contributed by atoms with van der Waals surface area (Å²) in [6, 6.07) is 3.38. The Morgan fingerprint density at radius 1 is 1.21 bits per heavy atom. The van der Waals surface area contributed by atoms with Crippen LogP contribution in [0.1, 0.15) is 24.8 Å². The second-order valence-corrected chi connectivity index (χ2v) is 9.12. The summed E-state index contributed by atoms with van der Waals surface area (Å²) in [5.41, 5.74) is 1.18. The van der Waals surface area contributed by atoms with Crippen LogP contribution in [0.25, 0.3) is 0 Å². The fourth-order valence-electron chi connectivity index (χ4n) is 4.92. The van der Waals surface area contributed by atoms with Gasteiger partial charge in [-0.3, -0.25) is 24.1 Å². The van der Waals surface area contributed by atoms with E-state index < -0.39 is 25.0 Å². The SMILES string of the molecule is Cc1c(NC(=O)COC(=O)CN2C(=O)[C@H]3[C@H]4CC[C@@H](C4)[C@@H]3C2=O)ccc(Br)c1Cl. The summed E-state index contributed by atoms with van der Waals surface area (Å²) in [6.45, 7) is 0.796. The van der Waals surface area contributed by atoms with E-state index in [2.05, 4.69) is 21.2 Å². The zero-order valence-corrected chi connectivity index (χ0v) is 18.1. The molecule has 3 fully saturated rings. The quantitative estimate of drug-likeness (QED) is 0.513. The molecule has 4 atom stereocenters. The molecule has 1 heterocycles. The van der Waals surface area contributed by atoms with E-state index in [9.17, 15) is 19.2 Å². The predicted octanol–water partition coefficient (Wildman–Crippen LogP) is 2.92. The Kier molecular flexibility index (Phi) is 5.42. The summed E-state index contributed by atoms with van der Waals surface area (Å²) < 4.78 is 5.69. The van der Waals surface area contributed by atoms with Gasteiger partial charge >= 0.3 is 5.97 Å². The van der Waals surface area contributed by atoms with Gasteiger partial charge < -0.3 is 10.1 Å². The maximum absolute atomic E-state index is 12.6. The zero-order valence-electron chi connectivity index (χ0n) is 15.7. The number of carbonyl (C=O) groups excluding carboxylic acids is 4. The number of nitrogens with one attached hydrogen (secondary N) is 1. The molecule has 29 heavy (non-hydrogen) atoms. The molecule has 1 aromatic carbocycles. The first-order chi connectivity index (χ1) is 13.8. The van der Waals surface area contributed by atoms with Gasteiger partial charge in [0.05, 0.1) is 16.9 Å². The van der Waals surface area contributed by atoms with Crippen molar-refractivity contribution in [3.05, 3.63) is 27.2 Å². The zero-order chi connectivity index (χ0) is 20.9. The molecule has 0 aromatic heterocycles. The molecule has 1 aliphatic heterocycles. The molecule has 2 saturated carbocycles. The van der Waals surface area contributed by atoms with Crippen LogP contribution in [0, 0.1) is 30.6 Å². The van der Waals surface area contributed by atoms with Crippen molar-refractivity contribution in [1.29, 1.82) is 0 Å². The second-order valence-electron chi connectivity index (χ2n) is 7.89. The van der Waals surface area contributed by atoms with Crippen LogP contribution in [-0.2, 0) is 23.9 Å². The van der Waals surface area contributed by atoms with Gasteiger partial charge in [-0.25, -0.2) is 0 Å². The smallest absolute Gasteiger partial charge is 0.326 e. The maximum Gasteiger partial charge on any atom is 0.326 e. The molecule has 1 saturated heterocycles. The van der Waals surface area contributed by atoms with Crippen LogP contribution < -0.4 is 5.32 Å². The highest BCUT2D eigenvalue weighted by atomic mass is 79.9. The van der Waals surface area contributed by atoms with Crippen LogP contribution in [0.4, 0.5) is 5.69 Å². The highest BCUT2D eigenvalue weighted by Crippen LogP contribution is 2.56. The van der Waals surface area contributed by atoms with Gasteiger partial charge in [0.1, 0.15) is 6.54 Å². The molecule has 3 aliphatic rings. The normalized spacial score (nSPS) is 27.3. The van der Waals surface area contributed by atoms with Gasteiger partial charge in [0.2, 0.25) is 11.8 Å². The third kappa shape index (κ3) is 3.57. The maximum atomic E-state index is 12.6. The molecule has 1 aromatic rings. The lowest BCUT2D eigenvalue weighted by atomic mass is 9.81. The molecule has 1 N–H and O–H groups in total. The number of amides is 3. The number of hydrogen-bond donors (Lipinski definition) is 1. The van der Waals surface area contributed by atoms with E-state index in [-0.39, 0.29) is 35.5 Å². The third-order valence-electron chi connectivity index (χ3n) is 6.28. The standard InChI is InChI=1S/C20H20BrClN2O5/c1-9-13(5-4-12(21)18(9)22)23-14(25)8-29-15(26)7-24-19(27)16-10-2-3-11(6-10)17(16)20(24)28/h4-5,10-11,16-17H,2-3,6-8H2,1H3,(H,23,25)/t10-,11-,16-,17-/m0/s1. The second kappa shape index (κ2) is 7.72. The van der Waals surface area contributed by atoms with E-state index >= 15 is 0 Å². The number of likely N-dealkylation sites (tertiary alicyclic amines) is 1. The largest absolute Gasteiger partial charge is 0.454 e. The summed E-state index contributed by atoms with van der Waals surface area (Å²) in [5.74, 6) is -1.88. The predicted molar refractivity (Wildman–Crippen MR) is 108 cm³/mol. The first-order valence-electron chi connectivity index (χ1n) is 9.53. The molecule has 0 radical (unpaired) electrons. The Morgan fingerprint density at radius 2 is 1.83 bits per heavy atom. The van der Waals surface area contributed by atoms with Crippen molar-refractivity contribution in [2.24, 2.45) is 23.7 Å². The number of hydrogen-bond acceptors (Lipinski definition) is 5. The van der Waals surface area contributed by atoms with Gasteiger partial charge in [-0.05, 0) is 71.6 Å². The van der Waals surface area contributed by atoms with Crippen LogP contribution in [0.2, 0.25) is 5.02 Å². The first kappa shape index (κ1) is 20.3. The Balaban J connectivity index is 1.30. The number of fused-ring (bicyclic) bond motifs is 5. The van der Waals surface area contributed by atoms with Gasteiger partial charge in [0, 0.05) is 10.2 Å². The number of imide groups is 1. The summed E-state index contributed by atoms with van der Waals surface area (Å²) in [7, 11) is 0. The summed E-state index contributed by atoms with van der Waals surface area (Å²) in [6.07, 6.45) is 2.89. The van der Waals surface area contributed by atoms with Crippen molar-refractivity contribution in [2.75, 3.05) is 18.5 Å². The molecular weight excluding hydrogens is 464 g/mol. The van der Waals surface area contributed by atoms with E-state index in [4.69, 9.17) is 16.3 Å². The van der Waals surface area contributed by atoms with E-state index in [1.165, 1.54) is 0 Å². The van der Waals surface area contributed by atoms with E-state index in [1.807, 2.05) is 0 Å². The number of halogens is 2. The Hall–Kier alpha value is -1.93. The lowest BCUT2D eigenvalue weighted by Gasteiger charge is -2.19. The van der Waals surface area contributed by atoms with Crippen molar-refractivity contribution in [3.8, 4) is 0 Å². The number of ether oxygens (including phenoxy) is 1. The third-order valence-corrected chi connectivity index (χ3v) is 7.66. The molecule has 2 bridgehead atoms. The molecule has 4 rings (SSSR count). The van der Waals surface area contributed by atoms with Crippen molar-refractivity contribution in [3.63, 3.8) is 0 Å². The Labute approximate surface area is 181 Å². The summed E-state index contributed by atoms with van der Waals surface area (Å²) >= 11 is 9.43. The van der Waals surface area contributed by atoms with Crippen LogP contribution >= 0.6 is 27.5 Å². The van der Waals surface area contributed by atoms with Crippen LogP contribution in [-0.4, -0.2) is 41.7 Å². The van der Waals surface area contributed by atoms with E-state index in [0.717, 1.165) is 24.2 Å². The monoisotopic (exact) mass is 482 g/mol. The number of carbonyl (C=O) groups is 4. The number of anilines is 1. The van der Waals surface area contributed by atoms with Crippen molar-refractivity contribution in [2.45, 2.75) is 26.2 Å². The molecule has 0 unspecified atom stereocenters. The topological polar surface area (TPSA) is 92.8 Å². The lowest BCUT2D eigenvalue weighted by Crippen LogP contribution is -2.38. The van der Waals surface area contributed by atoms with E-state index in [0.29, 0.717) is 20.7 Å². The summed E-state index contributed by atoms with van der Waals surface area (Å²) in [5, 5.41) is 3.11. The average Bonchev–Trinajstić information content (AvgIpc) is 3.37. The number of nitrogens with zero attached hydrogens (tertiary/aromatic N) is 1. The van der Waals surface area contributed by atoms with Crippen LogP contribution in [0.3, 0.4) is 0 Å². The Bertz CT molecular complexity index is 892. The highest BCUT2D eigenvalue weighted by Gasteiger charge is 2.61. The molecule has 154 valence electrons. The molecule has 0 spiro atoms.